The first-order valence-electron chi connectivity index (χ1n) is 8.05. The smallest absolute Gasteiger partial charge is 0.265 e. The second-order valence-corrected chi connectivity index (χ2v) is 7.30. The SMILES string of the molecule is Cc1ccc(C(=O)N2CCN(C(=O)c3sc(C)nc3C)CC2)cc1. The van der Waals surface area contributed by atoms with Gasteiger partial charge in [0.2, 0.25) is 0 Å². The number of piperazine rings is 1. The summed E-state index contributed by atoms with van der Waals surface area (Å²) < 4.78 is 0. The van der Waals surface area contributed by atoms with Crippen LogP contribution in [0, 0.1) is 20.8 Å². The van der Waals surface area contributed by atoms with Crippen LogP contribution in [-0.4, -0.2) is 52.8 Å². The molecule has 1 aromatic carbocycles. The zero-order valence-corrected chi connectivity index (χ0v) is 15.0. The van der Waals surface area contributed by atoms with Crippen LogP contribution in [-0.2, 0) is 0 Å². The lowest BCUT2D eigenvalue weighted by Gasteiger charge is -2.34. The molecule has 0 unspecified atom stereocenters. The molecule has 1 fully saturated rings. The second-order valence-electron chi connectivity index (χ2n) is 6.10. The van der Waals surface area contributed by atoms with Gasteiger partial charge in [0.15, 0.2) is 0 Å². The van der Waals surface area contributed by atoms with Crippen molar-refractivity contribution in [2.75, 3.05) is 26.2 Å². The molecule has 2 aromatic rings. The number of hydrogen-bond donors (Lipinski definition) is 0. The second kappa shape index (κ2) is 6.73. The van der Waals surface area contributed by atoms with Crippen molar-refractivity contribution in [3.05, 3.63) is 51.0 Å². The molecule has 5 nitrogen and oxygen atoms in total. The van der Waals surface area contributed by atoms with Crippen molar-refractivity contribution in [2.24, 2.45) is 0 Å². The standard InChI is InChI=1S/C18H21N3O2S/c1-12-4-6-15(7-5-12)17(22)20-8-10-21(11-9-20)18(23)16-13(2)19-14(3)24-16/h4-7H,8-11H2,1-3H3. The predicted octanol–water partition coefficient (Wildman–Crippen LogP) is 2.67. The molecule has 0 radical (unpaired) electrons. The lowest BCUT2D eigenvalue weighted by atomic mass is 10.1. The van der Waals surface area contributed by atoms with Crippen molar-refractivity contribution in [1.82, 2.24) is 14.8 Å². The van der Waals surface area contributed by atoms with Gasteiger partial charge in [0.25, 0.3) is 11.8 Å². The number of thiazole rings is 1. The van der Waals surface area contributed by atoms with Gasteiger partial charge in [0.05, 0.1) is 10.7 Å². The Balaban J connectivity index is 1.63. The molecule has 0 N–H and O–H groups in total. The van der Waals surface area contributed by atoms with Gasteiger partial charge in [-0.05, 0) is 32.9 Å². The Morgan fingerprint density at radius 3 is 1.96 bits per heavy atom. The van der Waals surface area contributed by atoms with Gasteiger partial charge in [-0.3, -0.25) is 9.59 Å². The summed E-state index contributed by atoms with van der Waals surface area (Å²) in [7, 11) is 0. The highest BCUT2D eigenvalue weighted by atomic mass is 32.1. The summed E-state index contributed by atoms with van der Waals surface area (Å²) in [6.45, 7) is 8.03. The van der Waals surface area contributed by atoms with Gasteiger partial charge >= 0.3 is 0 Å². The maximum absolute atomic E-state index is 12.6. The Kier molecular flexibility index (Phi) is 4.66. The molecule has 1 aliphatic heterocycles. The molecule has 1 aliphatic rings. The molecule has 3 rings (SSSR count). The van der Waals surface area contributed by atoms with E-state index in [9.17, 15) is 9.59 Å². The van der Waals surface area contributed by atoms with Crippen LogP contribution in [0.5, 0.6) is 0 Å². The fraction of sp³-hybridized carbons (Fsp3) is 0.389. The molecule has 0 atom stereocenters. The van der Waals surface area contributed by atoms with Crippen LogP contribution in [0.15, 0.2) is 24.3 Å². The number of aryl methyl sites for hydroxylation is 3. The van der Waals surface area contributed by atoms with Crippen molar-refractivity contribution in [1.29, 1.82) is 0 Å². The number of rotatable bonds is 2. The Morgan fingerprint density at radius 2 is 1.46 bits per heavy atom. The molecule has 6 heteroatoms. The van der Waals surface area contributed by atoms with E-state index in [2.05, 4.69) is 4.98 Å². The zero-order chi connectivity index (χ0) is 17.3. The fourth-order valence-electron chi connectivity index (χ4n) is 2.86. The Labute approximate surface area is 145 Å². The van der Waals surface area contributed by atoms with Crippen LogP contribution >= 0.6 is 11.3 Å². The summed E-state index contributed by atoms with van der Waals surface area (Å²) in [5.74, 6) is 0.0625. The van der Waals surface area contributed by atoms with Gasteiger partial charge < -0.3 is 9.80 Å². The number of amides is 2. The quantitative estimate of drug-likeness (QED) is 0.842. The molecule has 0 bridgehead atoms. The molecule has 0 spiro atoms. The van der Waals surface area contributed by atoms with Crippen molar-refractivity contribution in [2.45, 2.75) is 20.8 Å². The van der Waals surface area contributed by atoms with Crippen molar-refractivity contribution >= 4 is 23.2 Å². The highest BCUT2D eigenvalue weighted by Crippen LogP contribution is 2.20. The van der Waals surface area contributed by atoms with E-state index in [1.807, 2.05) is 54.8 Å². The summed E-state index contributed by atoms with van der Waals surface area (Å²) >= 11 is 1.44. The van der Waals surface area contributed by atoms with Crippen LogP contribution in [0.1, 0.15) is 36.3 Å². The minimum atomic E-state index is 0.0283. The Bertz CT molecular complexity index is 759. The Morgan fingerprint density at radius 1 is 0.917 bits per heavy atom. The summed E-state index contributed by atoms with van der Waals surface area (Å²) in [5, 5.41) is 0.907. The number of hydrogen-bond acceptors (Lipinski definition) is 4. The third-order valence-corrected chi connectivity index (χ3v) is 5.31. The number of carbonyl (C=O) groups is 2. The topological polar surface area (TPSA) is 53.5 Å². The van der Waals surface area contributed by atoms with E-state index >= 15 is 0 Å². The summed E-state index contributed by atoms with van der Waals surface area (Å²) in [6, 6.07) is 7.61. The lowest BCUT2D eigenvalue weighted by Crippen LogP contribution is -2.50. The normalized spacial score (nSPS) is 14.8. The summed E-state index contributed by atoms with van der Waals surface area (Å²) in [4.78, 5) is 33.8. The first-order chi connectivity index (χ1) is 11.5. The van der Waals surface area contributed by atoms with Crippen LogP contribution in [0.25, 0.3) is 0 Å². The molecule has 1 saturated heterocycles. The van der Waals surface area contributed by atoms with Crippen LogP contribution in [0.3, 0.4) is 0 Å². The lowest BCUT2D eigenvalue weighted by molar-refractivity contribution is 0.0537. The molecule has 0 saturated carbocycles. The number of aromatic nitrogens is 1. The van der Waals surface area contributed by atoms with Gasteiger partial charge in [0.1, 0.15) is 4.88 Å². The fourth-order valence-corrected chi connectivity index (χ4v) is 3.75. The van der Waals surface area contributed by atoms with Crippen molar-refractivity contribution < 1.29 is 9.59 Å². The minimum absolute atomic E-state index is 0.0283. The molecule has 2 heterocycles. The average Bonchev–Trinajstić information content (AvgIpc) is 2.93. The molecular formula is C18H21N3O2S. The number of benzene rings is 1. The summed E-state index contributed by atoms with van der Waals surface area (Å²) in [6.07, 6.45) is 0. The third kappa shape index (κ3) is 3.33. The molecule has 2 amide bonds. The first-order valence-corrected chi connectivity index (χ1v) is 8.86. The minimum Gasteiger partial charge on any atom is -0.335 e. The van der Waals surface area contributed by atoms with Gasteiger partial charge in [-0.15, -0.1) is 11.3 Å². The molecule has 1 aromatic heterocycles. The van der Waals surface area contributed by atoms with Crippen LogP contribution < -0.4 is 0 Å². The largest absolute Gasteiger partial charge is 0.335 e. The zero-order valence-electron chi connectivity index (χ0n) is 14.2. The number of carbonyl (C=O) groups excluding carboxylic acids is 2. The van der Waals surface area contributed by atoms with E-state index in [0.29, 0.717) is 36.6 Å². The van der Waals surface area contributed by atoms with Crippen molar-refractivity contribution in [3.8, 4) is 0 Å². The van der Waals surface area contributed by atoms with E-state index in [1.54, 1.807) is 0 Å². The van der Waals surface area contributed by atoms with E-state index in [-0.39, 0.29) is 11.8 Å². The van der Waals surface area contributed by atoms with E-state index in [1.165, 1.54) is 11.3 Å². The molecular weight excluding hydrogens is 322 g/mol. The van der Waals surface area contributed by atoms with Gasteiger partial charge in [-0.25, -0.2) is 4.98 Å². The van der Waals surface area contributed by atoms with E-state index < -0.39 is 0 Å². The molecule has 0 aliphatic carbocycles. The predicted molar refractivity (Wildman–Crippen MR) is 94.6 cm³/mol. The highest BCUT2D eigenvalue weighted by Gasteiger charge is 2.27. The molecule has 126 valence electrons. The van der Waals surface area contributed by atoms with Gasteiger partial charge in [-0.2, -0.15) is 0 Å². The van der Waals surface area contributed by atoms with Gasteiger partial charge in [-0.1, -0.05) is 17.7 Å². The first kappa shape index (κ1) is 16.6. The Hall–Kier alpha value is -2.21. The highest BCUT2D eigenvalue weighted by molar-refractivity contribution is 7.13. The van der Waals surface area contributed by atoms with Gasteiger partial charge in [0, 0.05) is 31.7 Å². The average molecular weight is 343 g/mol. The van der Waals surface area contributed by atoms with E-state index in [0.717, 1.165) is 16.3 Å². The van der Waals surface area contributed by atoms with E-state index in [4.69, 9.17) is 0 Å². The summed E-state index contributed by atoms with van der Waals surface area (Å²) in [5.41, 5.74) is 2.63. The number of nitrogens with zero attached hydrogens (tertiary/aromatic N) is 3. The van der Waals surface area contributed by atoms with Crippen LogP contribution in [0.2, 0.25) is 0 Å². The monoisotopic (exact) mass is 343 g/mol. The molecule has 24 heavy (non-hydrogen) atoms. The third-order valence-electron chi connectivity index (χ3n) is 4.25. The maximum Gasteiger partial charge on any atom is 0.265 e. The maximum atomic E-state index is 12.6. The van der Waals surface area contributed by atoms with Crippen molar-refractivity contribution in [3.63, 3.8) is 0 Å². The van der Waals surface area contributed by atoms with Crippen LogP contribution in [0.4, 0.5) is 0 Å².